The van der Waals surface area contributed by atoms with Gasteiger partial charge in [0.25, 0.3) is 0 Å². The quantitative estimate of drug-likeness (QED) is 0.867. The number of carbonyl (C=O) groups is 1. The van der Waals surface area contributed by atoms with Crippen LogP contribution >= 0.6 is 0 Å². The molecule has 1 aromatic carbocycles. The number of carbonyl (C=O) groups excluding carboxylic acids is 1. The van der Waals surface area contributed by atoms with Crippen molar-refractivity contribution < 1.29 is 23.0 Å². The van der Waals surface area contributed by atoms with E-state index >= 15 is 0 Å². The second kappa shape index (κ2) is 8.05. The summed E-state index contributed by atoms with van der Waals surface area (Å²) in [4.78, 5) is 13.7. The molecule has 7 heteroatoms. The fraction of sp³-hybridized carbons (Fsp3) is 0.533. The normalized spacial score (nSPS) is 18.3. The minimum atomic E-state index is -2.83. The number of halogens is 2. The molecule has 1 unspecified atom stereocenters. The molecule has 0 spiro atoms. The van der Waals surface area contributed by atoms with Crippen LogP contribution in [0.2, 0.25) is 0 Å². The Labute approximate surface area is 128 Å². The summed E-state index contributed by atoms with van der Waals surface area (Å²) in [5.41, 5.74) is 0.847. The minimum absolute atomic E-state index is 0.0124. The van der Waals surface area contributed by atoms with E-state index in [9.17, 15) is 13.6 Å². The minimum Gasteiger partial charge on any atom is -0.435 e. The molecule has 1 aliphatic rings. The molecule has 1 aromatic rings. The number of benzene rings is 1. The zero-order valence-corrected chi connectivity index (χ0v) is 12.4. The van der Waals surface area contributed by atoms with Crippen LogP contribution in [0.3, 0.4) is 0 Å². The second-order valence-corrected chi connectivity index (χ2v) is 5.17. The number of nitrogens with one attached hydrogen (secondary N) is 1. The van der Waals surface area contributed by atoms with Crippen molar-refractivity contribution >= 4 is 5.91 Å². The van der Waals surface area contributed by atoms with Gasteiger partial charge in [-0.3, -0.25) is 4.79 Å². The standard InChI is InChI=1S/C15H20F2N2O3/c1-19(14(20)8-13-9-18-6-7-21-13)10-11-2-4-12(5-3-11)22-15(16)17/h2-5,13,15,18H,6-10H2,1H3. The largest absolute Gasteiger partial charge is 0.435 e. The number of ether oxygens (including phenoxy) is 2. The number of alkyl halides is 2. The van der Waals surface area contributed by atoms with Crippen LogP contribution in [-0.2, 0) is 16.1 Å². The molecule has 0 saturated carbocycles. The van der Waals surface area contributed by atoms with E-state index < -0.39 is 6.61 Å². The smallest absolute Gasteiger partial charge is 0.387 e. The molecule has 1 atom stereocenters. The molecule has 0 bridgehead atoms. The van der Waals surface area contributed by atoms with E-state index in [1.807, 2.05) is 0 Å². The van der Waals surface area contributed by atoms with Gasteiger partial charge in [0.05, 0.1) is 19.1 Å². The van der Waals surface area contributed by atoms with Crippen LogP contribution in [0, 0.1) is 0 Å². The Morgan fingerprint density at radius 1 is 1.45 bits per heavy atom. The molecule has 1 aliphatic heterocycles. The Hall–Kier alpha value is -1.73. The summed E-state index contributed by atoms with van der Waals surface area (Å²) in [7, 11) is 1.71. The lowest BCUT2D eigenvalue weighted by Crippen LogP contribution is -2.41. The topological polar surface area (TPSA) is 50.8 Å². The predicted octanol–water partition coefficient (Wildman–Crippen LogP) is 1.62. The van der Waals surface area contributed by atoms with Gasteiger partial charge in [-0.05, 0) is 17.7 Å². The van der Waals surface area contributed by atoms with Crippen molar-refractivity contribution in [2.24, 2.45) is 0 Å². The highest BCUT2D eigenvalue weighted by molar-refractivity contribution is 5.76. The van der Waals surface area contributed by atoms with Crippen molar-refractivity contribution in [2.45, 2.75) is 25.7 Å². The fourth-order valence-corrected chi connectivity index (χ4v) is 2.24. The molecule has 1 heterocycles. The van der Waals surface area contributed by atoms with Crippen molar-refractivity contribution in [2.75, 3.05) is 26.7 Å². The van der Waals surface area contributed by atoms with E-state index in [0.717, 1.165) is 12.1 Å². The summed E-state index contributed by atoms with van der Waals surface area (Å²) in [5.74, 6) is 0.0935. The van der Waals surface area contributed by atoms with Gasteiger partial charge in [-0.25, -0.2) is 0 Å². The van der Waals surface area contributed by atoms with Gasteiger partial charge >= 0.3 is 6.61 Å². The Balaban J connectivity index is 1.82. The van der Waals surface area contributed by atoms with Crippen LogP contribution in [0.4, 0.5) is 8.78 Å². The molecular weight excluding hydrogens is 294 g/mol. The van der Waals surface area contributed by atoms with Gasteiger partial charge in [-0.1, -0.05) is 12.1 Å². The zero-order valence-electron chi connectivity index (χ0n) is 12.4. The summed E-state index contributed by atoms with van der Waals surface area (Å²) in [6.45, 7) is -0.312. The lowest BCUT2D eigenvalue weighted by molar-refractivity contribution is -0.133. The molecule has 122 valence electrons. The molecule has 1 amide bonds. The third-order valence-electron chi connectivity index (χ3n) is 3.40. The van der Waals surface area contributed by atoms with Crippen LogP contribution < -0.4 is 10.1 Å². The molecule has 5 nitrogen and oxygen atoms in total. The molecule has 2 rings (SSSR count). The summed E-state index contributed by atoms with van der Waals surface area (Å²) in [6.07, 6.45) is 0.237. The maximum absolute atomic E-state index is 12.1. The van der Waals surface area contributed by atoms with Crippen molar-refractivity contribution in [1.29, 1.82) is 0 Å². The zero-order chi connectivity index (χ0) is 15.9. The average molecular weight is 314 g/mol. The molecular formula is C15H20F2N2O3. The Kier molecular flexibility index (Phi) is 6.09. The SMILES string of the molecule is CN(Cc1ccc(OC(F)F)cc1)C(=O)CC1CNCCO1. The fourth-order valence-electron chi connectivity index (χ4n) is 2.24. The number of hydrogen-bond donors (Lipinski definition) is 1. The van der Waals surface area contributed by atoms with Crippen LogP contribution in [0.15, 0.2) is 24.3 Å². The molecule has 0 radical (unpaired) electrons. The lowest BCUT2D eigenvalue weighted by atomic mass is 10.1. The van der Waals surface area contributed by atoms with E-state index in [0.29, 0.717) is 26.1 Å². The molecule has 1 N–H and O–H groups in total. The van der Waals surface area contributed by atoms with Gasteiger partial charge in [-0.2, -0.15) is 8.78 Å². The van der Waals surface area contributed by atoms with E-state index in [-0.39, 0.29) is 17.8 Å². The van der Waals surface area contributed by atoms with Gasteiger partial charge in [0.15, 0.2) is 0 Å². The second-order valence-electron chi connectivity index (χ2n) is 5.17. The van der Waals surface area contributed by atoms with E-state index in [2.05, 4.69) is 10.1 Å². The van der Waals surface area contributed by atoms with E-state index in [1.54, 1.807) is 24.1 Å². The van der Waals surface area contributed by atoms with Crippen molar-refractivity contribution in [1.82, 2.24) is 10.2 Å². The molecule has 1 fully saturated rings. The van der Waals surface area contributed by atoms with Crippen molar-refractivity contribution in [3.05, 3.63) is 29.8 Å². The Bertz CT molecular complexity index is 476. The Morgan fingerprint density at radius 2 is 2.18 bits per heavy atom. The van der Waals surface area contributed by atoms with Crippen LogP contribution in [0.1, 0.15) is 12.0 Å². The van der Waals surface area contributed by atoms with Crippen molar-refractivity contribution in [3.8, 4) is 5.75 Å². The first-order chi connectivity index (χ1) is 10.5. The summed E-state index contributed by atoms with van der Waals surface area (Å²) in [5, 5.41) is 3.18. The summed E-state index contributed by atoms with van der Waals surface area (Å²) < 4.78 is 33.9. The molecule has 0 aromatic heterocycles. The van der Waals surface area contributed by atoms with Crippen LogP contribution in [0.5, 0.6) is 5.75 Å². The van der Waals surface area contributed by atoms with E-state index in [1.165, 1.54) is 12.1 Å². The number of rotatable bonds is 6. The third-order valence-corrected chi connectivity index (χ3v) is 3.40. The first kappa shape index (κ1) is 16.6. The van der Waals surface area contributed by atoms with Gasteiger partial charge in [0.1, 0.15) is 5.75 Å². The van der Waals surface area contributed by atoms with Crippen LogP contribution in [0.25, 0.3) is 0 Å². The maximum atomic E-state index is 12.1. The number of hydrogen-bond acceptors (Lipinski definition) is 4. The molecule has 1 saturated heterocycles. The third kappa shape index (κ3) is 5.23. The number of nitrogens with zero attached hydrogens (tertiary/aromatic N) is 1. The number of amides is 1. The molecule has 22 heavy (non-hydrogen) atoms. The highest BCUT2D eigenvalue weighted by Crippen LogP contribution is 2.16. The van der Waals surface area contributed by atoms with Gasteiger partial charge in [-0.15, -0.1) is 0 Å². The van der Waals surface area contributed by atoms with Gasteiger partial charge in [0, 0.05) is 26.7 Å². The van der Waals surface area contributed by atoms with Crippen molar-refractivity contribution in [3.63, 3.8) is 0 Å². The monoisotopic (exact) mass is 314 g/mol. The Morgan fingerprint density at radius 3 is 2.77 bits per heavy atom. The predicted molar refractivity (Wildman–Crippen MR) is 76.8 cm³/mol. The summed E-state index contributed by atoms with van der Waals surface area (Å²) >= 11 is 0. The number of morpholine rings is 1. The average Bonchev–Trinajstić information content (AvgIpc) is 2.49. The molecule has 0 aliphatic carbocycles. The van der Waals surface area contributed by atoms with Gasteiger partial charge < -0.3 is 19.7 Å². The first-order valence-corrected chi connectivity index (χ1v) is 7.14. The summed E-state index contributed by atoms with van der Waals surface area (Å²) in [6, 6.07) is 6.27. The lowest BCUT2D eigenvalue weighted by Gasteiger charge is -2.25. The van der Waals surface area contributed by atoms with E-state index in [4.69, 9.17) is 4.74 Å². The first-order valence-electron chi connectivity index (χ1n) is 7.14. The van der Waals surface area contributed by atoms with Gasteiger partial charge in [0.2, 0.25) is 5.91 Å². The highest BCUT2D eigenvalue weighted by atomic mass is 19.3. The maximum Gasteiger partial charge on any atom is 0.387 e. The van der Waals surface area contributed by atoms with Crippen LogP contribution in [-0.4, -0.2) is 50.3 Å². The highest BCUT2D eigenvalue weighted by Gasteiger charge is 2.19.